The number of nitrogens with zero attached hydrogens (tertiary/aromatic N) is 1. The Labute approximate surface area is 183 Å². The van der Waals surface area contributed by atoms with Gasteiger partial charge < -0.3 is 15.0 Å². The summed E-state index contributed by atoms with van der Waals surface area (Å²) in [7, 11) is 0. The molecule has 0 spiro atoms. The van der Waals surface area contributed by atoms with Gasteiger partial charge in [-0.2, -0.15) is 0 Å². The molecule has 1 atom stereocenters. The van der Waals surface area contributed by atoms with Gasteiger partial charge in [-0.1, -0.05) is 54.3 Å². The van der Waals surface area contributed by atoms with E-state index < -0.39 is 6.04 Å². The minimum atomic E-state index is -0.590. The van der Waals surface area contributed by atoms with Gasteiger partial charge in [-0.3, -0.25) is 9.59 Å². The van der Waals surface area contributed by atoms with Crippen LogP contribution < -0.4 is 10.1 Å². The van der Waals surface area contributed by atoms with E-state index in [2.05, 4.69) is 5.32 Å². The molecule has 6 heteroatoms. The van der Waals surface area contributed by atoms with Crippen LogP contribution in [0.4, 0.5) is 0 Å². The maximum absolute atomic E-state index is 13.1. The van der Waals surface area contributed by atoms with Gasteiger partial charge in [0.2, 0.25) is 5.91 Å². The van der Waals surface area contributed by atoms with Crippen molar-refractivity contribution in [3.05, 3.63) is 64.7 Å². The second-order valence-corrected chi connectivity index (χ2v) is 8.36. The largest absolute Gasteiger partial charge is 0.484 e. The Bertz CT molecular complexity index is 863. The lowest BCUT2D eigenvalue weighted by atomic mass is 10.1. The van der Waals surface area contributed by atoms with Gasteiger partial charge in [0, 0.05) is 17.6 Å². The average Bonchev–Trinajstić information content (AvgIpc) is 3.24. The summed E-state index contributed by atoms with van der Waals surface area (Å²) in [6.45, 7) is 3.99. The van der Waals surface area contributed by atoms with Crippen LogP contribution >= 0.6 is 11.6 Å². The summed E-state index contributed by atoms with van der Waals surface area (Å²) in [6.07, 6.45) is 4.29. The monoisotopic (exact) mass is 428 g/mol. The Balaban J connectivity index is 1.70. The Hall–Kier alpha value is -2.53. The van der Waals surface area contributed by atoms with E-state index in [1.54, 1.807) is 36.1 Å². The van der Waals surface area contributed by atoms with Crippen molar-refractivity contribution >= 4 is 23.4 Å². The van der Waals surface area contributed by atoms with E-state index in [1.165, 1.54) is 0 Å². The van der Waals surface area contributed by atoms with Crippen molar-refractivity contribution in [2.24, 2.45) is 0 Å². The van der Waals surface area contributed by atoms with Crippen LogP contribution in [0.3, 0.4) is 0 Å². The number of carbonyl (C=O) groups is 2. The summed E-state index contributed by atoms with van der Waals surface area (Å²) in [5, 5.41) is 3.71. The quantitative estimate of drug-likeness (QED) is 0.673. The van der Waals surface area contributed by atoms with Crippen LogP contribution in [0.25, 0.3) is 0 Å². The van der Waals surface area contributed by atoms with Crippen molar-refractivity contribution in [3.63, 3.8) is 0 Å². The average molecular weight is 429 g/mol. The smallest absolute Gasteiger partial charge is 0.261 e. The van der Waals surface area contributed by atoms with E-state index in [-0.39, 0.29) is 24.5 Å². The molecule has 160 valence electrons. The first-order valence-electron chi connectivity index (χ1n) is 10.5. The number of rotatable bonds is 8. The second kappa shape index (κ2) is 10.5. The van der Waals surface area contributed by atoms with E-state index in [4.69, 9.17) is 16.3 Å². The van der Waals surface area contributed by atoms with Gasteiger partial charge >= 0.3 is 0 Å². The van der Waals surface area contributed by atoms with Gasteiger partial charge in [-0.05, 0) is 56.5 Å². The third-order valence-electron chi connectivity index (χ3n) is 5.48. The number of aryl methyl sites for hydroxylation is 1. The zero-order valence-electron chi connectivity index (χ0n) is 17.6. The van der Waals surface area contributed by atoms with Crippen molar-refractivity contribution in [1.82, 2.24) is 10.2 Å². The number of hydrogen-bond acceptors (Lipinski definition) is 3. The second-order valence-electron chi connectivity index (χ2n) is 7.92. The Morgan fingerprint density at radius 2 is 1.87 bits per heavy atom. The van der Waals surface area contributed by atoms with Crippen LogP contribution in [0.1, 0.15) is 43.7 Å². The highest BCUT2D eigenvalue weighted by Gasteiger charge is 2.28. The highest BCUT2D eigenvalue weighted by atomic mass is 35.5. The summed E-state index contributed by atoms with van der Waals surface area (Å²) >= 11 is 5.90. The van der Waals surface area contributed by atoms with Gasteiger partial charge in [0.15, 0.2) is 6.61 Å². The van der Waals surface area contributed by atoms with E-state index in [9.17, 15) is 9.59 Å². The lowest BCUT2D eigenvalue weighted by molar-refractivity contribution is -0.142. The highest BCUT2D eigenvalue weighted by Crippen LogP contribution is 2.19. The molecule has 2 aromatic carbocycles. The first-order valence-corrected chi connectivity index (χ1v) is 10.8. The van der Waals surface area contributed by atoms with Gasteiger partial charge in [0.05, 0.1) is 0 Å². The topological polar surface area (TPSA) is 58.6 Å². The van der Waals surface area contributed by atoms with Crippen molar-refractivity contribution < 1.29 is 14.3 Å². The molecule has 0 saturated heterocycles. The summed E-state index contributed by atoms with van der Waals surface area (Å²) in [5.41, 5.74) is 2.09. The predicted molar refractivity (Wildman–Crippen MR) is 119 cm³/mol. The molecule has 1 aliphatic rings. The fourth-order valence-corrected chi connectivity index (χ4v) is 3.87. The highest BCUT2D eigenvalue weighted by molar-refractivity contribution is 6.30. The standard InChI is InChI=1S/C24H29ClN2O3/c1-17-6-5-7-19(14-17)15-27(18(2)24(29)26-21-8-3-4-9-21)23(28)16-30-22-12-10-20(25)11-13-22/h5-7,10-14,18,21H,3-4,8-9,15-16H2,1-2H3,(H,26,29). The van der Waals surface area contributed by atoms with Crippen molar-refractivity contribution in [2.75, 3.05) is 6.61 Å². The van der Waals surface area contributed by atoms with Crippen LogP contribution in [-0.4, -0.2) is 35.4 Å². The number of carbonyl (C=O) groups excluding carboxylic acids is 2. The van der Waals surface area contributed by atoms with E-state index in [1.807, 2.05) is 31.2 Å². The van der Waals surface area contributed by atoms with Crippen molar-refractivity contribution in [1.29, 1.82) is 0 Å². The first-order chi connectivity index (χ1) is 14.4. The van der Waals surface area contributed by atoms with Gasteiger partial charge in [0.1, 0.15) is 11.8 Å². The van der Waals surface area contributed by atoms with Crippen LogP contribution in [0.5, 0.6) is 5.75 Å². The van der Waals surface area contributed by atoms with Crippen LogP contribution in [-0.2, 0) is 16.1 Å². The van der Waals surface area contributed by atoms with Gasteiger partial charge in [0.25, 0.3) is 5.91 Å². The molecule has 0 radical (unpaired) electrons. The summed E-state index contributed by atoms with van der Waals surface area (Å²) in [6, 6.07) is 14.4. The molecule has 0 bridgehead atoms. The summed E-state index contributed by atoms with van der Waals surface area (Å²) in [5.74, 6) is 0.209. The molecular formula is C24H29ClN2O3. The molecule has 0 aliphatic heterocycles. The molecule has 1 N–H and O–H groups in total. The minimum Gasteiger partial charge on any atom is -0.484 e. The maximum Gasteiger partial charge on any atom is 0.261 e. The number of nitrogens with one attached hydrogen (secondary N) is 1. The van der Waals surface area contributed by atoms with Crippen LogP contribution in [0, 0.1) is 6.92 Å². The predicted octanol–water partition coefficient (Wildman–Crippen LogP) is 4.50. The molecular weight excluding hydrogens is 400 g/mol. The third-order valence-corrected chi connectivity index (χ3v) is 5.73. The lowest BCUT2D eigenvalue weighted by Gasteiger charge is -2.29. The zero-order valence-corrected chi connectivity index (χ0v) is 18.3. The Morgan fingerprint density at radius 1 is 1.17 bits per heavy atom. The van der Waals surface area contributed by atoms with Crippen molar-refractivity contribution in [3.8, 4) is 5.75 Å². The normalized spacial score (nSPS) is 14.9. The Morgan fingerprint density at radius 3 is 2.53 bits per heavy atom. The lowest BCUT2D eigenvalue weighted by Crippen LogP contribution is -2.50. The number of halogens is 1. The van der Waals surface area contributed by atoms with Gasteiger partial charge in [-0.15, -0.1) is 0 Å². The third kappa shape index (κ3) is 6.23. The SMILES string of the molecule is Cc1cccc(CN(C(=O)COc2ccc(Cl)cc2)C(C)C(=O)NC2CCCC2)c1. The summed E-state index contributed by atoms with van der Waals surface area (Å²) < 4.78 is 5.65. The molecule has 5 nitrogen and oxygen atoms in total. The van der Waals surface area contributed by atoms with E-state index in [0.717, 1.165) is 36.8 Å². The number of benzene rings is 2. The van der Waals surface area contributed by atoms with Crippen LogP contribution in [0.2, 0.25) is 5.02 Å². The molecule has 3 rings (SSSR count). The molecule has 1 fully saturated rings. The van der Waals surface area contributed by atoms with E-state index in [0.29, 0.717) is 17.3 Å². The molecule has 0 aromatic heterocycles. The first kappa shape index (κ1) is 22.2. The zero-order chi connectivity index (χ0) is 21.5. The summed E-state index contributed by atoms with van der Waals surface area (Å²) in [4.78, 5) is 27.5. The van der Waals surface area contributed by atoms with Crippen LogP contribution in [0.15, 0.2) is 48.5 Å². The number of ether oxygens (including phenoxy) is 1. The maximum atomic E-state index is 13.1. The minimum absolute atomic E-state index is 0.116. The number of amides is 2. The molecule has 2 amide bonds. The fraction of sp³-hybridized carbons (Fsp3) is 0.417. The number of hydrogen-bond donors (Lipinski definition) is 1. The molecule has 1 saturated carbocycles. The van der Waals surface area contributed by atoms with E-state index >= 15 is 0 Å². The molecule has 1 unspecified atom stereocenters. The molecule has 2 aromatic rings. The van der Waals surface area contributed by atoms with Crippen molar-refractivity contribution in [2.45, 2.75) is 58.2 Å². The fourth-order valence-electron chi connectivity index (χ4n) is 3.74. The molecule has 30 heavy (non-hydrogen) atoms. The Kier molecular flexibility index (Phi) is 7.75. The molecule has 1 aliphatic carbocycles. The van der Waals surface area contributed by atoms with Gasteiger partial charge in [-0.25, -0.2) is 0 Å². The molecule has 0 heterocycles.